The fourth-order valence-corrected chi connectivity index (χ4v) is 3.70. The van der Waals surface area contributed by atoms with Crippen LogP contribution in [0, 0.1) is 0 Å². The van der Waals surface area contributed by atoms with E-state index in [4.69, 9.17) is 11.6 Å². The molecule has 4 aromatic rings. The molecule has 0 radical (unpaired) electrons. The van der Waals surface area contributed by atoms with E-state index in [0.29, 0.717) is 6.54 Å². The number of halogens is 1. The molecule has 2 heterocycles. The van der Waals surface area contributed by atoms with Crippen LogP contribution in [0.2, 0.25) is 5.02 Å². The van der Waals surface area contributed by atoms with Gasteiger partial charge >= 0.3 is 0 Å². The van der Waals surface area contributed by atoms with Gasteiger partial charge in [-0.15, -0.1) is 0 Å². The third-order valence-corrected chi connectivity index (χ3v) is 5.33. The minimum Gasteiger partial charge on any atom is -0.361 e. The van der Waals surface area contributed by atoms with Crippen LogP contribution in [0.1, 0.15) is 16.7 Å². The largest absolute Gasteiger partial charge is 0.361 e. The van der Waals surface area contributed by atoms with Gasteiger partial charge in [-0.25, -0.2) is 0 Å². The average Bonchev–Trinajstić information content (AvgIpc) is 3.41. The van der Waals surface area contributed by atoms with Crippen LogP contribution in [0.4, 0.5) is 0 Å². The van der Waals surface area contributed by atoms with Crippen LogP contribution in [0.15, 0.2) is 72.1 Å². The highest BCUT2D eigenvalue weighted by atomic mass is 35.5. The van der Waals surface area contributed by atoms with Gasteiger partial charge in [0.25, 0.3) is 0 Å². The molecule has 6 nitrogen and oxygen atoms in total. The average molecular weight is 421 g/mol. The lowest BCUT2D eigenvalue weighted by Gasteiger charge is -2.14. The van der Waals surface area contributed by atoms with E-state index in [1.165, 1.54) is 22.1 Å². The summed E-state index contributed by atoms with van der Waals surface area (Å²) in [4.78, 5) is 7.65. The lowest BCUT2D eigenvalue weighted by Crippen LogP contribution is -2.38. The summed E-state index contributed by atoms with van der Waals surface area (Å²) in [6.07, 6.45) is 6.69. The van der Waals surface area contributed by atoms with E-state index >= 15 is 0 Å². The fraction of sp³-hybridized carbons (Fsp3) is 0.217. The van der Waals surface area contributed by atoms with Gasteiger partial charge in [0.05, 0.1) is 6.54 Å². The number of hydrogen-bond acceptors (Lipinski definition) is 2. The molecule has 30 heavy (non-hydrogen) atoms. The molecule has 2 aromatic heterocycles. The summed E-state index contributed by atoms with van der Waals surface area (Å²) in [5.41, 5.74) is 4.80. The first-order valence-corrected chi connectivity index (χ1v) is 10.3. The fourth-order valence-electron chi connectivity index (χ4n) is 3.53. The lowest BCUT2D eigenvalue weighted by atomic mass is 10.1. The Balaban J connectivity index is 1.33. The van der Waals surface area contributed by atoms with Crippen LogP contribution in [0.3, 0.4) is 0 Å². The first-order valence-electron chi connectivity index (χ1n) is 9.97. The molecule has 154 valence electrons. The topological polar surface area (TPSA) is 70.0 Å². The van der Waals surface area contributed by atoms with E-state index in [1.807, 2.05) is 41.3 Å². The Morgan fingerprint density at radius 2 is 1.97 bits per heavy atom. The van der Waals surface area contributed by atoms with Crippen LogP contribution in [-0.2, 0) is 19.5 Å². The third kappa shape index (κ3) is 4.83. The summed E-state index contributed by atoms with van der Waals surface area (Å²) in [6.45, 7) is 2.22. The van der Waals surface area contributed by atoms with Crippen molar-refractivity contribution in [3.63, 3.8) is 0 Å². The van der Waals surface area contributed by atoms with Crippen molar-refractivity contribution in [2.75, 3.05) is 13.6 Å². The SMILES string of the molecule is CN=C(NCCc1c[nH]c2ccc(Cl)cc12)NCc1ccccc1Cn1cccn1. The highest BCUT2D eigenvalue weighted by Gasteiger charge is 2.07. The van der Waals surface area contributed by atoms with Gasteiger partial charge in [0.2, 0.25) is 0 Å². The molecule has 0 fully saturated rings. The molecule has 0 spiro atoms. The number of H-pyrrole nitrogens is 1. The summed E-state index contributed by atoms with van der Waals surface area (Å²) < 4.78 is 1.93. The Morgan fingerprint density at radius 3 is 2.77 bits per heavy atom. The van der Waals surface area contributed by atoms with Gasteiger partial charge in [0.15, 0.2) is 5.96 Å². The van der Waals surface area contributed by atoms with Gasteiger partial charge in [0.1, 0.15) is 0 Å². The summed E-state index contributed by atoms with van der Waals surface area (Å²) in [6, 6.07) is 16.2. The predicted octanol–water partition coefficient (Wildman–Crippen LogP) is 3.97. The summed E-state index contributed by atoms with van der Waals surface area (Å²) >= 11 is 6.15. The Bertz CT molecular complexity index is 1130. The van der Waals surface area contributed by atoms with E-state index in [9.17, 15) is 0 Å². The maximum absolute atomic E-state index is 6.15. The molecule has 0 saturated carbocycles. The molecule has 4 rings (SSSR count). The number of aliphatic imine (C=N–C) groups is 1. The summed E-state index contributed by atoms with van der Waals surface area (Å²) in [5.74, 6) is 0.779. The Hall–Kier alpha value is -3.25. The van der Waals surface area contributed by atoms with E-state index in [0.717, 1.165) is 36.0 Å². The second-order valence-electron chi connectivity index (χ2n) is 7.08. The quantitative estimate of drug-likeness (QED) is 0.313. The molecule has 0 saturated heterocycles. The Morgan fingerprint density at radius 1 is 1.10 bits per heavy atom. The Labute approximate surface area is 181 Å². The molecule has 0 amide bonds. The van der Waals surface area contributed by atoms with Crippen LogP contribution in [-0.4, -0.2) is 34.3 Å². The molecule has 0 aliphatic rings. The molecular formula is C23H25ClN6. The van der Waals surface area contributed by atoms with Crippen molar-refractivity contribution in [3.8, 4) is 0 Å². The molecule has 0 bridgehead atoms. The van der Waals surface area contributed by atoms with E-state index < -0.39 is 0 Å². The number of benzene rings is 2. The second kappa shape index (κ2) is 9.50. The van der Waals surface area contributed by atoms with Crippen molar-refractivity contribution in [2.24, 2.45) is 4.99 Å². The number of nitrogens with zero attached hydrogens (tertiary/aromatic N) is 3. The van der Waals surface area contributed by atoms with Gasteiger partial charge in [-0.05, 0) is 47.4 Å². The monoisotopic (exact) mass is 420 g/mol. The molecule has 0 unspecified atom stereocenters. The zero-order valence-corrected chi connectivity index (χ0v) is 17.7. The minimum absolute atomic E-state index is 0.694. The molecular weight excluding hydrogens is 396 g/mol. The van der Waals surface area contributed by atoms with Crippen LogP contribution in [0.25, 0.3) is 10.9 Å². The van der Waals surface area contributed by atoms with Gasteiger partial charge in [-0.2, -0.15) is 5.10 Å². The van der Waals surface area contributed by atoms with Crippen molar-refractivity contribution in [1.29, 1.82) is 0 Å². The van der Waals surface area contributed by atoms with Gasteiger partial charge in [-0.1, -0.05) is 35.9 Å². The van der Waals surface area contributed by atoms with Crippen molar-refractivity contribution in [2.45, 2.75) is 19.5 Å². The molecule has 2 aromatic carbocycles. The third-order valence-electron chi connectivity index (χ3n) is 5.10. The van der Waals surface area contributed by atoms with Crippen molar-refractivity contribution >= 4 is 28.5 Å². The molecule has 3 N–H and O–H groups in total. The van der Waals surface area contributed by atoms with E-state index in [1.54, 1.807) is 13.2 Å². The first kappa shape index (κ1) is 20.0. The maximum atomic E-state index is 6.15. The molecule has 7 heteroatoms. The number of guanidine groups is 1. The highest BCUT2D eigenvalue weighted by Crippen LogP contribution is 2.22. The van der Waals surface area contributed by atoms with Crippen LogP contribution >= 0.6 is 11.6 Å². The number of aromatic amines is 1. The predicted molar refractivity (Wildman–Crippen MR) is 123 cm³/mol. The molecule has 0 aliphatic carbocycles. The van der Waals surface area contributed by atoms with Gasteiger partial charge < -0.3 is 15.6 Å². The first-order chi connectivity index (χ1) is 14.7. The van der Waals surface area contributed by atoms with E-state index in [-0.39, 0.29) is 0 Å². The zero-order valence-electron chi connectivity index (χ0n) is 16.9. The summed E-state index contributed by atoms with van der Waals surface area (Å²) in [5, 5.41) is 13.0. The number of nitrogens with one attached hydrogen (secondary N) is 3. The number of aromatic nitrogens is 3. The maximum Gasteiger partial charge on any atom is 0.191 e. The minimum atomic E-state index is 0.694. The second-order valence-corrected chi connectivity index (χ2v) is 7.52. The van der Waals surface area contributed by atoms with E-state index in [2.05, 4.69) is 50.0 Å². The van der Waals surface area contributed by atoms with Crippen LogP contribution < -0.4 is 10.6 Å². The van der Waals surface area contributed by atoms with Gasteiger partial charge in [-0.3, -0.25) is 9.67 Å². The number of rotatable bonds is 7. The lowest BCUT2D eigenvalue weighted by molar-refractivity contribution is 0.677. The zero-order chi connectivity index (χ0) is 20.8. The van der Waals surface area contributed by atoms with Crippen molar-refractivity contribution in [3.05, 3.63) is 88.8 Å². The Kier molecular flexibility index (Phi) is 6.35. The number of fused-ring (bicyclic) bond motifs is 1. The summed E-state index contributed by atoms with van der Waals surface area (Å²) in [7, 11) is 1.79. The molecule has 0 aliphatic heterocycles. The van der Waals surface area contributed by atoms with Crippen molar-refractivity contribution < 1.29 is 0 Å². The standard InChI is InChI=1S/C23H25ClN6/c1-25-23(26-11-9-18-15-27-22-8-7-20(24)13-21(18)22)28-14-17-5-2-3-6-19(17)16-30-12-4-10-29-30/h2-8,10,12-13,15,27H,9,11,14,16H2,1H3,(H2,25,26,28). The van der Waals surface area contributed by atoms with Crippen LogP contribution in [0.5, 0.6) is 0 Å². The number of hydrogen-bond donors (Lipinski definition) is 3. The molecule has 0 atom stereocenters. The normalized spacial score (nSPS) is 11.7. The highest BCUT2D eigenvalue weighted by molar-refractivity contribution is 6.31. The van der Waals surface area contributed by atoms with Gasteiger partial charge in [0, 0.05) is 54.7 Å². The smallest absolute Gasteiger partial charge is 0.191 e. The van der Waals surface area contributed by atoms with Crippen molar-refractivity contribution in [1.82, 2.24) is 25.4 Å².